The molecule has 2 rings (SSSR count). The van der Waals surface area contributed by atoms with Gasteiger partial charge >= 0.3 is 0 Å². The van der Waals surface area contributed by atoms with Crippen molar-refractivity contribution in [3.05, 3.63) is 57.8 Å². The molecule has 0 aliphatic carbocycles. The molecule has 0 aromatic carbocycles. The Morgan fingerprint density at radius 1 is 1.24 bits per heavy atom. The Kier molecular flexibility index (Phi) is 9.79. The molecule has 0 saturated carbocycles. The molecule has 0 aromatic heterocycles. The molecule has 0 aromatic rings. The summed E-state index contributed by atoms with van der Waals surface area (Å²) >= 11 is 1.30. The lowest BCUT2D eigenvalue weighted by atomic mass is 9.83. The molecule has 1 fully saturated rings. The SMILES string of the molecule is C=C(CN1CCC(O)(CC(C)/C=C\C=C/C)CC1)S/C(=C\C)C1=CC(=O)N(C(C)C)S1(=O)=O. The van der Waals surface area contributed by atoms with Crippen molar-refractivity contribution >= 4 is 27.7 Å². The standard InChI is InChI=1S/C25H38N2O4S2/c1-7-9-10-11-20(5)17-25(29)12-14-26(15-13-25)18-21(6)32-22(8-2)23-16-24(28)27(19(3)4)33(23,30)31/h7-11,16,19-20,29H,6,12-15,17-18H2,1-5H3/b9-7-,11-10-,22-8-. The first-order chi connectivity index (χ1) is 15.4. The van der Waals surface area contributed by atoms with E-state index in [2.05, 4.69) is 24.5 Å². The minimum Gasteiger partial charge on any atom is -0.390 e. The maximum absolute atomic E-state index is 12.9. The molecule has 1 N–H and O–H groups in total. The van der Waals surface area contributed by atoms with Crippen molar-refractivity contribution in [2.45, 2.75) is 65.5 Å². The van der Waals surface area contributed by atoms with E-state index in [0.29, 0.717) is 30.2 Å². The second kappa shape index (κ2) is 11.7. The van der Waals surface area contributed by atoms with Crippen LogP contribution in [0.1, 0.15) is 53.9 Å². The fourth-order valence-electron chi connectivity index (χ4n) is 4.26. The van der Waals surface area contributed by atoms with Gasteiger partial charge in [0, 0.05) is 36.7 Å². The maximum atomic E-state index is 12.9. The zero-order valence-electron chi connectivity index (χ0n) is 20.5. The fourth-order valence-corrected chi connectivity index (χ4v) is 7.21. The molecule has 2 heterocycles. The molecule has 2 aliphatic rings. The third-order valence-electron chi connectivity index (χ3n) is 5.87. The van der Waals surface area contributed by atoms with E-state index >= 15 is 0 Å². The van der Waals surface area contributed by atoms with E-state index in [0.717, 1.165) is 28.7 Å². The van der Waals surface area contributed by atoms with Gasteiger partial charge in [0.05, 0.1) is 5.60 Å². The predicted molar refractivity (Wildman–Crippen MR) is 138 cm³/mol. The molecular formula is C25H38N2O4S2. The van der Waals surface area contributed by atoms with Crippen molar-refractivity contribution in [2.75, 3.05) is 19.6 Å². The summed E-state index contributed by atoms with van der Waals surface area (Å²) in [6.07, 6.45) is 13.2. The van der Waals surface area contributed by atoms with Crippen LogP contribution in [-0.2, 0) is 14.8 Å². The van der Waals surface area contributed by atoms with Crippen LogP contribution in [0, 0.1) is 5.92 Å². The van der Waals surface area contributed by atoms with E-state index in [1.807, 2.05) is 25.2 Å². The van der Waals surface area contributed by atoms with Crippen LogP contribution in [0.5, 0.6) is 0 Å². The molecule has 1 atom stereocenters. The van der Waals surface area contributed by atoms with Crippen LogP contribution in [0.25, 0.3) is 0 Å². The Bertz CT molecular complexity index is 953. The number of likely N-dealkylation sites (tertiary alicyclic amines) is 1. The third-order valence-corrected chi connectivity index (χ3v) is 9.10. The molecule has 0 bridgehead atoms. The Labute approximate surface area is 203 Å². The molecule has 1 amide bonds. The number of hydrogen-bond acceptors (Lipinski definition) is 6. The lowest BCUT2D eigenvalue weighted by Gasteiger charge is -2.39. The van der Waals surface area contributed by atoms with E-state index in [9.17, 15) is 18.3 Å². The summed E-state index contributed by atoms with van der Waals surface area (Å²) in [7, 11) is -3.84. The van der Waals surface area contributed by atoms with Crippen molar-refractivity contribution in [1.82, 2.24) is 9.21 Å². The highest BCUT2D eigenvalue weighted by Gasteiger charge is 2.41. The predicted octanol–water partition coefficient (Wildman–Crippen LogP) is 4.59. The molecule has 1 saturated heterocycles. The molecule has 1 unspecified atom stereocenters. The highest BCUT2D eigenvalue weighted by Crippen LogP contribution is 2.39. The van der Waals surface area contributed by atoms with Gasteiger partial charge in [-0.05, 0) is 57.8 Å². The van der Waals surface area contributed by atoms with Gasteiger partial charge in [-0.3, -0.25) is 9.69 Å². The van der Waals surface area contributed by atoms with E-state index in [4.69, 9.17) is 0 Å². The molecule has 2 aliphatic heterocycles. The van der Waals surface area contributed by atoms with Crippen LogP contribution >= 0.6 is 11.8 Å². The lowest BCUT2D eigenvalue weighted by Crippen LogP contribution is -2.45. The first-order valence-electron chi connectivity index (χ1n) is 11.5. The van der Waals surface area contributed by atoms with Gasteiger partial charge in [-0.2, -0.15) is 0 Å². The summed E-state index contributed by atoms with van der Waals surface area (Å²) in [6.45, 7) is 15.5. The summed E-state index contributed by atoms with van der Waals surface area (Å²) in [5.74, 6) is -0.203. The second-order valence-corrected chi connectivity index (χ2v) is 12.1. The third kappa shape index (κ3) is 7.18. The van der Waals surface area contributed by atoms with Gasteiger partial charge in [-0.15, -0.1) is 0 Å². The van der Waals surface area contributed by atoms with E-state index in [1.165, 1.54) is 17.8 Å². The van der Waals surface area contributed by atoms with Gasteiger partial charge in [0.1, 0.15) is 4.91 Å². The van der Waals surface area contributed by atoms with Gasteiger partial charge in [-0.25, -0.2) is 12.7 Å². The Hall–Kier alpha value is -1.61. The quantitative estimate of drug-likeness (QED) is 0.448. The lowest BCUT2D eigenvalue weighted by molar-refractivity contribution is -0.122. The summed E-state index contributed by atoms with van der Waals surface area (Å²) in [5.41, 5.74) is -0.664. The first kappa shape index (κ1) is 27.6. The minimum absolute atomic E-state index is 0.0443. The van der Waals surface area contributed by atoms with Crippen LogP contribution in [0.2, 0.25) is 0 Å². The number of nitrogens with zero attached hydrogens (tertiary/aromatic N) is 2. The second-order valence-electron chi connectivity index (χ2n) is 9.13. The Balaban J connectivity index is 1.93. The molecule has 0 radical (unpaired) electrons. The van der Waals surface area contributed by atoms with Crippen LogP contribution in [0.3, 0.4) is 0 Å². The number of amides is 1. The van der Waals surface area contributed by atoms with Gasteiger partial charge in [0.2, 0.25) is 0 Å². The number of piperidine rings is 1. The van der Waals surface area contributed by atoms with Crippen LogP contribution in [0.15, 0.2) is 57.8 Å². The van der Waals surface area contributed by atoms with Crippen LogP contribution in [0.4, 0.5) is 0 Å². The van der Waals surface area contributed by atoms with E-state index in [1.54, 1.807) is 26.8 Å². The van der Waals surface area contributed by atoms with Crippen molar-refractivity contribution < 1.29 is 18.3 Å². The summed E-state index contributed by atoms with van der Waals surface area (Å²) in [5, 5.41) is 11.0. The van der Waals surface area contributed by atoms with Crippen LogP contribution < -0.4 is 0 Å². The maximum Gasteiger partial charge on any atom is 0.268 e. The average molecular weight is 495 g/mol. The van der Waals surface area contributed by atoms with Gasteiger partial charge < -0.3 is 5.11 Å². The average Bonchev–Trinajstić information content (AvgIpc) is 2.96. The van der Waals surface area contributed by atoms with Crippen molar-refractivity contribution in [3.63, 3.8) is 0 Å². The number of carbonyl (C=O) groups excluding carboxylic acids is 1. The fraction of sp³-hybridized carbons (Fsp3) is 0.560. The summed E-state index contributed by atoms with van der Waals surface area (Å²) in [6, 6.07) is -0.434. The number of aliphatic hydroxyl groups is 1. The summed E-state index contributed by atoms with van der Waals surface area (Å²) < 4.78 is 26.7. The van der Waals surface area contributed by atoms with Crippen molar-refractivity contribution in [1.29, 1.82) is 0 Å². The van der Waals surface area contributed by atoms with Gasteiger partial charge in [0.15, 0.2) is 0 Å². The van der Waals surface area contributed by atoms with Crippen molar-refractivity contribution in [3.8, 4) is 0 Å². The van der Waals surface area contributed by atoms with E-state index in [-0.39, 0.29) is 4.91 Å². The summed E-state index contributed by atoms with van der Waals surface area (Å²) in [4.78, 5) is 15.9. The zero-order chi connectivity index (χ0) is 24.8. The highest BCUT2D eigenvalue weighted by atomic mass is 32.2. The number of sulfonamides is 1. The molecule has 184 valence electrons. The normalized spacial score (nSPS) is 22.5. The minimum atomic E-state index is -3.84. The number of carbonyl (C=O) groups is 1. The zero-order valence-corrected chi connectivity index (χ0v) is 22.1. The van der Waals surface area contributed by atoms with Crippen LogP contribution in [-0.4, -0.2) is 59.9 Å². The number of rotatable bonds is 10. The molecule has 8 heteroatoms. The highest BCUT2D eigenvalue weighted by molar-refractivity contribution is 8.08. The molecule has 33 heavy (non-hydrogen) atoms. The number of hydrogen-bond donors (Lipinski definition) is 1. The Morgan fingerprint density at radius 2 is 1.88 bits per heavy atom. The molecule has 0 spiro atoms. The first-order valence-corrected chi connectivity index (χ1v) is 13.8. The smallest absolute Gasteiger partial charge is 0.268 e. The van der Waals surface area contributed by atoms with Gasteiger partial charge in [0.25, 0.3) is 15.9 Å². The Morgan fingerprint density at radius 3 is 2.39 bits per heavy atom. The van der Waals surface area contributed by atoms with E-state index < -0.39 is 27.6 Å². The number of thioether (sulfide) groups is 1. The van der Waals surface area contributed by atoms with Gasteiger partial charge in [-0.1, -0.05) is 55.6 Å². The molecular weight excluding hydrogens is 456 g/mol. The largest absolute Gasteiger partial charge is 0.390 e. The van der Waals surface area contributed by atoms with Crippen molar-refractivity contribution in [2.24, 2.45) is 5.92 Å². The molecule has 6 nitrogen and oxygen atoms in total. The monoisotopic (exact) mass is 494 g/mol. The number of allylic oxidation sites excluding steroid dienone is 5. The topological polar surface area (TPSA) is 77.9 Å².